The van der Waals surface area contributed by atoms with Crippen LogP contribution in [0.4, 0.5) is 0 Å². The van der Waals surface area contributed by atoms with E-state index >= 15 is 0 Å². The van der Waals surface area contributed by atoms with Crippen LogP contribution >= 0.6 is 0 Å². The summed E-state index contributed by atoms with van der Waals surface area (Å²) < 4.78 is 0. The Bertz CT molecular complexity index is 387. The van der Waals surface area contributed by atoms with Crippen LogP contribution in [0.1, 0.15) is 31.1 Å². The average Bonchev–Trinajstić information content (AvgIpc) is 2.28. The average molecular weight is 203 g/mol. The van der Waals surface area contributed by atoms with E-state index in [2.05, 4.69) is 0 Å². The van der Waals surface area contributed by atoms with E-state index in [1.54, 1.807) is 38.1 Å². The number of hydrogen-bond donors (Lipinski definition) is 1. The molecule has 0 bridgehead atoms. The number of aliphatic hydroxyl groups excluding tert-OH is 1. The fraction of sp³-hybridized carbons (Fsp3) is 0.333. The third-order valence-corrected chi connectivity index (χ3v) is 2.36. The van der Waals surface area contributed by atoms with Crippen molar-refractivity contribution in [3.63, 3.8) is 0 Å². The number of rotatable bonds is 3. The van der Waals surface area contributed by atoms with Gasteiger partial charge in [-0.2, -0.15) is 5.26 Å². The molecule has 0 aliphatic heterocycles. The topological polar surface area (TPSA) is 61.1 Å². The molecule has 1 unspecified atom stereocenters. The zero-order valence-electron chi connectivity index (χ0n) is 8.77. The van der Waals surface area contributed by atoms with Crippen LogP contribution in [0.5, 0.6) is 0 Å². The molecule has 1 aromatic carbocycles. The maximum absolute atomic E-state index is 10.8. The molecule has 0 aliphatic carbocycles. The van der Waals surface area contributed by atoms with E-state index in [9.17, 15) is 9.90 Å². The second-order valence-corrected chi connectivity index (χ2v) is 4.08. The van der Waals surface area contributed by atoms with Crippen molar-refractivity contribution in [3.8, 4) is 6.07 Å². The van der Waals surface area contributed by atoms with Gasteiger partial charge in [0, 0.05) is 0 Å². The van der Waals surface area contributed by atoms with Gasteiger partial charge in [-0.1, -0.05) is 26.0 Å². The first-order valence-electron chi connectivity index (χ1n) is 4.65. The quantitative estimate of drug-likeness (QED) is 0.762. The molecule has 0 spiro atoms. The summed E-state index contributed by atoms with van der Waals surface area (Å²) in [6.45, 7) is 3.34. The van der Waals surface area contributed by atoms with Crippen LogP contribution in [0.2, 0.25) is 0 Å². The van der Waals surface area contributed by atoms with Gasteiger partial charge < -0.3 is 9.90 Å². The molecule has 0 heterocycles. The molecule has 1 aromatic rings. The molecule has 15 heavy (non-hydrogen) atoms. The Labute approximate surface area is 89.0 Å². The lowest BCUT2D eigenvalue weighted by Crippen LogP contribution is -2.23. The summed E-state index contributed by atoms with van der Waals surface area (Å²) in [6.07, 6.45) is -0.113. The van der Waals surface area contributed by atoms with Crippen molar-refractivity contribution in [2.45, 2.75) is 20.0 Å². The second-order valence-electron chi connectivity index (χ2n) is 4.08. The highest BCUT2D eigenvalue weighted by Crippen LogP contribution is 2.31. The molecule has 1 N–H and O–H groups in total. The highest BCUT2D eigenvalue weighted by atomic mass is 16.3. The Morgan fingerprint density at radius 2 is 1.93 bits per heavy atom. The SMILES string of the molecule is CC(C)(C=O)C(O)c1ccc(C#N)cc1. The molecule has 1 atom stereocenters. The molecule has 0 aromatic heterocycles. The number of nitrogens with zero attached hydrogens (tertiary/aromatic N) is 1. The first kappa shape index (κ1) is 11.4. The van der Waals surface area contributed by atoms with Crippen LogP contribution < -0.4 is 0 Å². The van der Waals surface area contributed by atoms with E-state index in [-0.39, 0.29) is 0 Å². The fourth-order valence-corrected chi connectivity index (χ4v) is 1.23. The molecule has 0 radical (unpaired) electrons. The van der Waals surface area contributed by atoms with Gasteiger partial charge in [0.2, 0.25) is 0 Å². The molecule has 1 rings (SSSR count). The predicted molar refractivity (Wildman–Crippen MR) is 56.0 cm³/mol. The largest absolute Gasteiger partial charge is 0.387 e. The van der Waals surface area contributed by atoms with Crippen LogP contribution in [0.15, 0.2) is 24.3 Å². The third-order valence-electron chi connectivity index (χ3n) is 2.36. The maximum Gasteiger partial charge on any atom is 0.128 e. The third kappa shape index (κ3) is 2.42. The lowest BCUT2D eigenvalue weighted by Gasteiger charge is -2.24. The first-order valence-corrected chi connectivity index (χ1v) is 4.65. The van der Waals surface area contributed by atoms with Gasteiger partial charge in [0.15, 0.2) is 0 Å². The highest BCUT2D eigenvalue weighted by Gasteiger charge is 2.28. The van der Waals surface area contributed by atoms with Crippen molar-refractivity contribution >= 4 is 6.29 Å². The van der Waals surface area contributed by atoms with Gasteiger partial charge in [-0.25, -0.2) is 0 Å². The number of carbonyl (C=O) groups is 1. The molecule has 0 amide bonds. The van der Waals surface area contributed by atoms with Crippen LogP contribution in [-0.2, 0) is 4.79 Å². The Morgan fingerprint density at radius 3 is 2.33 bits per heavy atom. The minimum Gasteiger partial charge on any atom is -0.387 e. The number of carbonyl (C=O) groups excluding carboxylic acids is 1. The van der Waals surface area contributed by atoms with Gasteiger partial charge in [0.1, 0.15) is 6.29 Å². The summed E-state index contributed by atoms with van der Waals surface area (Å²) in [4.78, 5) is 10.8. The number of aliphatic hydroxyl groups is 1. The summed E-state index contributed by atoms with van der Waals surface area (Å²) in [7, 11) is 0. The molecule has 0 fully saturated rings. The Kier molecular flexibility index (Phi) is 3.23. The van der Waals surface area contributed by atoms with Crippen molar-refractivity contribution in [1.29, 1.82) is 5.26 Å². The smallest absolute Gasteiger partial charge is 0.128 e. The minimum atomic E-state index is -0.845. The van der Waals surface area contributed by atoms with E-state index in [1.807, 2.05) is 6.07 Å². The van der Waals surface area contributed by atoms with E-state index < -0.39 is 11.5 Å². The molecule has 0 saturated carbocycles. The molecule has 0 saturated heterocycles. The summed E-state index contributed by atoms with van der Waals surface area (Å²) in [6, 6.07) is 8.57. The van der Waals surface area contributed by atoms with Gasteiger partial charge in [-0.15, -0.1) is 0 Å². The fourth-order valence-electron chi connectivity index (χ4n) is 1.23. The van der Waals surface area contributed by atoms with Gasteiger partial charge in [-0.05, 0) is 17.7 Å². The van der Waals surface area contributed by atoms with Crippen molar-refractivity contribution in [1.82, 2.24) is 0 Å². The lowest BCUT2D eigenvalue weighted by atomic mass is 9.84. The van der Waals surface area contributed by atoms with Crippen molar-refractivity contribution in [2.75, 3.05) is 0 Å². The molecule has 78 valence electrons. The van der Waals surface area contributed by atoms with E-state index in [4.69, 9.17) is 5.26 Å². The Morgan fingerprint density at radius 1 is 1.40 bits per heavy atom. The minimum absolute atomic E-state index is 0.537. The molecule has 3 nitrogen and oxygen atoms in total. The zero-order valence-corrected chi connectivity index (χ0v) is 8.77. The zero-order chi connectivity index (χ0) is 11.5. The highest BCUT2D eigenvalue weighted by molar-refractivity contribution is 5.59. The number of aldehydes is 1. The van der Waals surface area contributed by atoms with Crippen molar-refractivity contribution in [3.05, 3.63) is 35.4 Å². The Balaban J connectivity index is 2.98. The lowest BCUT2D eigenvalue weighted by molar-refractivity contribution is -0.120. The van der Waals surface area contributed by atoms with Gasteiger partial charge in [0.25, 0.3) is 0 Å². The number of nitriles is 1. The summed E-state index contributed by atoms with van der Waals surface area (Å²) in [5, 5.41) is 18.5. The monoisotopic (exact) mass is 203 g/mol. The van der Waals surface area contributed by atoms with Crippen molar-refractivity contribution < 1.29 is 9.90 Å². The maximum atomic E-state index is 10.8. The standard InChI is InChI=1S/C12H13NO2/c1-12(2,8-14)11(15)10-5-3-9(7-13)4-6-10/h3-6,8,11,15H,1-2H3. The van der Waals surface area contributed by atoms with E-state index in [0.29, 0.717) is 11.1 Å². The van der Waals surface area contributed by atoms with E-state index in [1.165, 1.54) is 0 Å². The number of benzene rings is 1. The van der Waals surface area contributed by atoms with Crippen molar-refractivity contribution in [2.24, 2.45) is 5.41 Å². The van der Waals surface area contributed by atoms with Crippen LogP contribution in [-0.4, -0.2) is 11.4 Å². The van der Waals surface area contributed by atoms with Gasteiger partial charge in [-0.3, -0.25) is 0 Å². The van der Waals surface area contributed by atoms with E-state index in [0.717, 1.165) is 6.29 Å². The molecule has 3 heteroatoms. The number of hydrogen-bond acceptors (Lipinski definition) is 3. The molecular formula is C12H13NO2. The first-order chi connectivity index (χ1) is 7.01. The van der Waals surface area contributed by atoms with Crippen LogP contribution in [0.25, 0.3) is 0 Å². The Hall–Kier alpha value is -1.66. The van der Waals surface area contributed by atoms with Crippen LogP contribution in [0, 0.1) is 16.7 Å². The van der Waals surface area contributed by atoms with Gasteiger partial charge in [0.05, 0.1) is 23.2 Å². The summed E-state index contributed by atoms with van der Waals surface area (Å²) in [5.41, 5.74) is 0.370. The normalized spacial score (nSPS) is 12.9. The molecule has 0 aliphatic rings. The summed E-state index contributed by atoms with van der Waals surface area (Å²) in [5.74, 6) is 0. The van der Waals surface area contributed by atoms with Gasteiger partial charge >= 0.3 is 0 Å². The second kappa shape index (κ2) is 4.24. The molecular weight excluding hydrogens is 190 g/mol. The summed E-state index contributed by atoms with van der Waals surface area (Å²) >= 11 is 0. The predicted octanol–water partition coefficient (Wildman–Crippen LogP) is 1.82. The van der Waals surface area contributed by atoms with Crippen LogP contribution in [0.3, 0.4) is 0 Å².